The Bertz CT molecular complexity index is 751. The molecule has 2 rings (SSSR count). The third-order valence-electron chi connectivity index (χ3n) is 3.24. The highest BCUT2D eigenvalue weighted by atomic mass is 32.2. The molecule has 2 aromatic rings. The van der Waals surface area contributed by atoms with Crippen molar-refractivity contribution >= 4 is 28.6 Å². The first kappa shape index (κ1) is 15.4. The predicted molar refractivity (Wildman–Crippen MR) is 83.8 cm³/mol. The molecule has 1 aromatic heterocycles. The number of rotatable bonds is 5. The summed E-state index contributed by atoms with van der Waals surface area (Å²) in [5.74, 6) is 0.262. The summed E-state index contributed by atoms with van der Waals surface area (Å²) in [5, 5.41) is 9.53. The Kier molecular flexibility index (Phi) is 4.57. The zero-order valence-electron chi connectivity index (χ0n) is 12.2. The highest BCUT2D eigenvalue weighted by Gasteiger charge is 2.16. The minimum Gasteiger partial charge on any atom is -0.496 e. The van der Waals surface area contributed by atoms with Gasteiger partial charge < -0.3 is 14.4 Å². The number of ether oxygens (including phenoxy) is 1. The van der Waals surface area contributed by atoms with Gasteiger partial charge in [-0.15, -0.1) is 11.8 Å². The molecule has 0 amide bonds. The van der Waals surface area contributed by atoms with Gasteiger partial charge in [-0.05, 0) is 24.8 Å². The maximum Gasteiger partial charge on any atom is 0.341 e. The molecule has 1 N–H and O–H groups in total. The van der Waals surface area contributed by atoms with Crippen molar-refractivity contribution in [3.8, 4) is 5.75 Å². The molecule has 0 aliphatic carbocycles. The van der Waals surface area contributed by atoms with E-state index in [-0.39, 0.29) is 5.56 Å². The Morgan fingerprint density at radius 3 is 2.62 bits per heavy atom. The van der Waals surface area contributed by atoms with E-state index in [0.717, 1.165) is 16.2 Å². The fraction of sp³-hybridized carbons (Fsp3) is 0.333. The number of pyridine rings is 1. The first-order chi connectivity index (χ1) is 10.0. The van der Waals surface area contributed by atoms with Gasteiger partial charge >= 0.3 is 5.97 Å². The van der Waals surface area contributed by atoms with Crippen LogP contribution in [0.25, 0.3) is 10.9 Å². The number of methoxy groups -OCH3 is 1. The predicted octanol–water partition coefficient (Wildman–Crippen LogP) is 2.84. The van der Waals surface area contributed by atoms with Gasteiger partial charge in [0.1, 0.15) is 11.3 Å². The summed E-state index contributed by atoms with van der Waals surface area (Å²) < 4.78 is 7.10. The molecule has 0 aliphatic heterocycles. The summed E-state index contributed by atoms with van der Waals surface area (Å²) in [6.07, 6.45) is 1.40. The number of benzene rings is 1. The third-order valence-corrected chi connectivity index (χ3v) is 4.16. The Labute approximate surface area is 126 Å². The topological polar surface area (TPSA) is 68.5 Å². The number of aromatic carboxylic acids is 1. The molecule has 1 aromatic carbocycles. The van der Waals surface area contributed by atoms with Gasteiger partial charge in [0.2, 0.25) is 5.43 Å². The number of hydrogen-bond acceptors (Lipinski definition) is 4. The number of hydrogen-bond donors (Lipinski definition) is 1. The summed E-state index contributed by atoms with van der Waals surface area (Å²) in [4.78, 5) is 24.5. The maximum atomic E-state index is 12.3. The first-order valence-electron chi connectivity index (χ1n) is 6.64. The van der Waals surface area contributed by atoms with Crippen molar-refractivity contribution in [2.75, 3.05) is 12.9 Å². The van der Waals surface area contributed by atoms with Gasteiger partial charge in [0.05, 0.1) is 22.9 Å². The SMILES string of the molecule is CCSc1cc2c(cc1OC)c(=O)c(C(=O)O)cn2CC. The van der Waals surface area contributed by atoms with Crippen LogP contribution in [0.1, 0.15) is 24.2 Å². The number of carboxylic acids is 1. The van der Waals surface area contributed by atoms with Gasteiger partial charge in [-0.3, -0.25) is 4.79 Å². The van der Waals surface area contributed by atoms with Crippen LogP contribution in [-0.2, 0) is 6.54 Å². The molecule has 5 nitrogen and oxygen atoms in total. The Morgan fingerprint density at radius 2 is 2.10 bits per heavy atom. The number of aryl methyl sites for hydroxylation is 1. The molecular formula is C15H17NO4S. The summed E-state index contributed by atoms with van der Waals surface area (Å²) >= 11 is 1.62. The fourth-order valence-electron chi connectivity index (χ4n) is 2.24. The van der Waals surface area contributed by atoms with Crippen LogP contribution < -0.4 is 10.2 Å². The zero-order valence-corrected chi connectivity index (χ0v) is 13.0. The molecule has 0 aliphatic rings. The van der Waals surface area contributed by atoms with E-state index >= 15 is 0 Å². The van der Waals surface area contributed by atoms with Gasteiger partial charge in [-0.25, -0.2) is 4.79 Å². The summed E-state index contributed by atoms with van der Waals surface area (Å²) in [5.41, 5.74) is 0.0279. The lowest BCUT2D eigenvalue weighted by molar-refractivity contribution is 0.0695. The molecule has 0 spiro atoms. The van der Waals surface area contributed by atoms with Gasteiger partial charge in [0.25, 0.3) is 0 Å². The molecule has 0 bridgehead atoms. The van der Waals surface area contributed by atoms with Crippen LogP contribution in [0.15, 0.2) is 28.0 Å². The van der Waals surface area contributed by atoms with Crippen molar-refractivity contribution in [1.82, 2.24) is 4.57 Å². The maximum absolute atomic E-state index is 12.3. The van der Waals surface area contributed by atoms with Crippen molar-refractivity contribution in [3.63, 3.8) is 0 Å². The van der Waals surface area contributed by atoms with E-state index < -0.39 is 11.4 Å². The average molecular weight is 307 g/mol. The van der Waals surface area contributed by atoms with E-state index in [1.807, 2.05) is 19.9 Å². The van der Waals surface area contributed by atoms with Crippen LogP contribution in [0.5, 0.6) is 5.75 Å². The second kappa shape index (κ2) is 6.22. The Morgan fingerprint density at radius 1 is 1.38 bits per heavy atom. The van der Waals surface area contributed by atoms with Gasteiger partial charge in [0.15, 0.2) is 0 Å². The Balaban J connectivity index is 2.87. The van der Waals surface area contributed by atoms with E-state index in [4.69, 9.17) is 9.84 Å². The number of nitrogens with zero attached hydrogens (tertiary/aromatic N) is 1. The van der Waals surface area contributed by atoms with E-state index in [9.17, 15) is 9.59 Å². The lowest BCUT2D eigenvalue weighted by atomic mass is 10.1. The smallest absolute Gasteiger partial charge is 0.341 e. The number of aromatic nitrogens is 1. The van der Waals surface area contributed by atoms with Gasteiger partial charge in [-0.1, -0.05) is 6.92 Å². The number of thioether (sulfide) groups is 1. The van der Waals surface area contributed by atoms with Gasteiger partial charge in [0, 0.05) is 12.7 Å². The van der Waals surface area contributed by atoms with Crippen LogP contribution in [0.4, 0.5) is 0 Å². The molecule has 0 saturated carbocycles. The normalized spacial score (nSPS) is 10.8. The highest BCUT2D eigenvalue weighted by Crippen LogP contribution is 2.32. The second-order valence-electron chi connectivity index (χ2n) is 4.42. The largest absolute Gasteiger partial charge is 0.496 e. The minimum absolute atomic E-state index is 0.220. The van der Waals surface area contributed by atoms with Crippen molar-refractivity contribution < 1.29 is 14.6 Å². The lowest BCUT2D eigenvalue weighted by Gasteiger charge is -2.14. The van der Waals surface area contributed by atoms with Crippen molar-refractivity contribution in [3.05, 3.63) is 34.1 Å². The molecule has 0 saturated heterocycles. The quantitative estimate of drug-likeness (QED) is 0.860. The lowest BCUT2D eigenvalue weighted by Crippen LogP contribution is -2.18. The van der Waals surface area contributed by atoms with E-state index in [2.05, 4.69) is 0 Å². The fourth-order valence-corrected chi connectivity index (χ4v) is 3.03. The third kappa shape index (κ3) is 2.76. The van der Waals surface area contributed by atoms with Crippen LogP contribution >= 0.6 is 11.8 Å². The highest BCUT2D eigenvalue weighted by molar-refractivity contribution is 7.99. The average Bonchev–Trinajstić information content (AvgIpc) is 2.47. The van der Waals surface area contributed by atoms with Crippen molar-refractivity contribution in [2.45, 2.75) is 25.3 Å². The molecule has 112 valence electrons. The van der Waals surface area contributed by atoms with E-state index in [1.165, 1.54) is 6.20 Å². The molecule has 6 heteroatoms. The number of fused-ring (bicyclic) bond motifs is 1. The monoisotopic (exact) mass is 307 g/mol. The second-order valence-corrected chi connectivity index (χ2v) is 5.72. The molecule has 0 unspecified atom stereocenters. The molecule has 0 atom stereocenters. The first-order valence-corrected chi connectivity index (χ1v) is 7.63. The molecule has 1 heterocycles. The Hall–Kier alpha value is -1.95. The molecule has 0 fully saturated rings. The number of carbonyl (C=O) groups is 1. The standard InChI is InChI=1S/C15H17NO4S/c1-4-16-8-10(15(18)19)14(17)9-6-12(20-3)13(21-5-2)7-11(9)16/h6-8H,4-5H2,1-3H3,(H,18,19). The zero-order chi connectivity index (χ0) is 15.6. The summed E-state index contributed by atoms with van der Waals surface area (Å²) in [6, 6.07) is 3.52. The summed E-state index contributed by atoms with van der Waals surface area (Å²) in [6.45, 7) is 4.53. The molecular weight excluding hydrogens is 290 g/mol. The van der Waals surface area contributed by atoms with Gasteiger partial charge in [-0.2, -0.15) is 0 Å². The van der Waals surface area contributed by atoms with E-state index in [0.29, 0.717) is 17.7 Å². The van der Waals surface area contributed by atoms with Crippen LogP contribution in [-0.4, -0.2) is 28.5 Å². The molecule has 21 heavy (non-hydrogen) atoms. The van der Waals surface area contributed by atoms with Crippen LogP contribution in [0, 0.1) is 0 Å². The van der Waals surface area contributed by atoms with Crippen molar-refractivity contribution in [1.29, 1.82) is 0 Å². The van der Waals surface area contributed by atoms with E-state index in [1.54, 1.807) is 29.5 Å². The van der Waals surface area contributed by atoms with Crippen molar-refractivity contribution in [2.24, 2.45) is 0 Å². The van der Waals surface area contributed by atoms with Crippen LogP contribution in [0.2, 0.25) is 0 Å². The molecule has 0 radical (unpaired) electrons. The van der Waals surface area contributed by atoms with Crippen LogP contribution in [0.3, 0.4) is 0 Å². The minimum atomic E-state index is -1.21. The summed E-state index contributed by atoms with van der Waals surface area (Å²) in [7, 11) is 1.54. The number of carboxylic acid groups (broad SMARTS) is 1.